The molecular formula is C21H24ClN3O3. The van der Waals surface area contributed by atoms with E-state index in [9.17, 15) is 9.59 Å². The number of piperidine rings is 1. The first kappa shape index (κ1) is 20.0. The third kappa shape index (κ3) is 4.57. The van der Waals surface area contributed by atoms with Crippen LogP contribution in [0.3, 0.4) is 0 Å². The molecule has 0 aliphatic carbocycles. The number of urea groups is 1. The maximum atomic E-state index is 12.7. The van der Waals surface area contributed by atoms with E-state index in [2.05, 4.69) is 10.6 Å². The van der Waals surface area contributed by atoms with Gasteiger partial charge < -0.3 is 20.3 Å². The maximum absolute atomic E-state index is 12.7. The van der Waals surface area contributed by atoms with Gasteiger partial charge in [-0.1, -0.05) is 23.7 Å². The molecule has 1 saturated heterocycles. The molecule has 0 saturated carbocycles. The van der Waals surface area contributed by atoms with Crippen molar-refractivity contribution in [1.82, 2.24) is 10.2 Å². The number of rotatable bonds is 4. The van der Waals surface area contributed by atoms with Crippen molar-refractivity contribution in [2.75, 3.05) is 32.6 Å². The van der Waals surface area contributed by atoms with Gasteiger partial charge in [-0.05, 0) is 48.7 Å². The molecule has 0 aromatic heterocycles. The Labute approximate surface area is 169 Å². The molecule has 2 aromatic rings. The highest BCUT2D eigenvalue weighted by atomic mass is 35.5. The smallest absolute Gasteiger partial charge is 0.317 e. The summed E-state index contributed by atoms with van der Waals surface area (Å²) in [5.41, 5.74) is 2.24. The number of nitrogens with one attached hydrogen (secondary N) is 2. The minimum Gasteiger partial charge on any atom is -0.495 e. The predicted octanol–water partition coefficient (Wildman–Crippen LogP) is 4.12. The maximum Gasteiger partial charge on any atom is 0.317 e. The summed E-state index contributed by atoms with van der Waals surface area (Å²) in [6, 6.07) is 12.6. The third-order valence-electron chi connectivity index (χ3n) is 4.95. The van der Waals surface area contributed by atoms with Gasteiger partial charge in [0.05, 0.1) is 12.1 Å². The molecule has 0 unspecified atom stereocenters. The molecule has 28 heavy (non-hydrogen) atoms. The Morgan fingerprint density at radius 2 is 2.04 bits per heavy atom. The van der Waals surface area contributed by atoms with E-state index >= 15 is 0 Å². The van der Waals surface area contributed by atoms with Crippen molar-refractivity contribution in [3.05, 3.63) is 58.6 Å². The fourth-order valence-electron chi connectivity index (χ4n) is 3.47. The van der Waals surface area contributed by atoms with E-state index in [-0.39, 0.29) is 17.9 Å². The molecule has 1 aliphatic rings. The van der Waals surface area contributed by atoms with E-state index in [1.54, 1.807) is 38.4 Å². The lowest BCUT2D eigenvalue weighted by atomic mass is 9.89. The zero-order valence-corrected chi connectivity index (χ0v) is 16.8. The number of carbonyl (C=O) groups is 2. The zero-order valence-electron chi connectivity index (χ0n) is 16.0. The normalized spacial score (nSPS) is 16.4. The molecule has 0 radical (unpaired) electrons. The topological polar surface area (TPSA) is 70.7 Å². The van der Waals surface area contributed by atoms with Gasteiger partial charge in [0.25, 0.3) is 5.91 Å². The fraction of sp³-hybridized carbons (Fsp3) is 0.333. The van der Waals surface area contributed by atoms with Gasteiger partial charge in [0.1, 0.15) is 5.75 Å². The molecule has 148 valence electrons. The number of methoxy groups -OCH3 is 1. The summed E-state index contributed by atoms with van der Waals surface area (Å²) in [5, 5.41) is 5.98. The molecule has 2 aromatic carbocycles. The van der Waals surface area contributed by atoms with Crippen LogP contribution in [0.4, 0.5) is 10.5 Å². The quantitative estimate of drug-likeness (QED) is 0.809. The minimum atomic E-state index is -0.206. The van der Waals surface area contributed by atoms with Crippen LogP contribution in [-0.2, 0) is 0 Å². The van der Waals surface area contributed by atoms with Gasteiger partial charge in [-0.25, -0.2) is 4.79 Å². The van der Waals surface area contributed by atoms with Gasteiger partial charge in [0.15, 0.2) is 0 Å². The SMILES string of the molecule is CNC(=O)N1CCC[C@H](c2cccc(C(=O)Nc3ccc(OC)c(Cl)c3)c2)C1. The molecule has 1 heterocycles. The van der Waals surface area contributed by atoms with E-state index in [0.717, 1.165) is 24.9 Å². The number of hydrogen-bond donors (Lipinski definition) is 2. The van der Waals surface area contributed by atoms with Gasteiger partial charge in [0, 0.05) is 37.3 Å². The van der Waals surface area contributed by atoms with Crippen molar-refractivity contribution < 1.29 is 14.3 Å². The van der Waals surface area contributed by atoms with E-state index in [1.807, 2.05) is 23.1 Å². The van der Waals surface area contributed by atoms with E-state index in [0.29, 0.717) is 28.6 Å². The monoisotopic (exact) mass is 401 g/mol. The summed E-state index contributed by atoms with van der Waals surface area (Å²) >= 11 is 6.12. The molecule has 0 bridgehead atoms. The van der Waals surface area contributed by atoms with Gasteiger partial charge in [-0.15, -0.1) is 0 Å². The molecule has 0 spiro atoms. The van der Waals surface area contributed by atoms with Crippen molar-refractivity contribution in [3.8, 4) is 5.75 Å². The Hall–Kier alpha value is -2.73. The van der Waals surface area contributed by atoms with Crippen LogP contribution in [0.5, 0.6) is 5.75 Å². The lowest BCUT2D eigenvalue weighted by Gasteiger charge is -2.32. The largest absolute Gasteiger partial charge is 0.495 e. The number of carbonyl (C=O) groups excluding carboxylic acids is 2. The lowest BCUT2D eigenvalue weighted by molar-refractivity contribution is 0.102. The predicted molar refractivity (Wildman–Crippen MR) is 110 cm³/mol. The summed E-state index contributed by atoms with van der Waals surface area (Å²) < 4.78 is 5.13. The summed E-state index contributed by atoms with van der Waals surface area (Å²) in [4.78, 5) is 26.4. The number of nitrogens with zero attached hydrogens (tertiary/aromatic N) is 1. The Bertz CT molecular complexity index is 872. The van der Waals surface area contributed by atoms with Crippen LogP contribution in [0, 0.1) is 0 Å². The molecule has 6 nitrogen and oxygen atoms in total. The van der Waals surface area contributed by atoms with Crippen LogP contribution in [-0.4, -0.2) is 44.1 Å². The Morgan fingerprint density at radius 3 is 2.75 bits per heavy atom. The first-order valence-electron chi connectivity index (χ1n) is 9.23. The van der Waals surface area contributed by atoms with E-state index in [1.165, 1.54) is 0 Å². The Kier molecular flexibility index (Phi) is 6.41. The summed E-state index contributed by atoms with van der Waals surface area (Å²) in [7, 11) is 3.18. The molecule has 1 fully saturated rings. The van der Waals surface area contributed by atoms with Crippen molar-refractivity contribution in [3.63, 3.8) is 0 Å². The van der Waals surface area contributed by atoms with Crippen LogP contribution in [0.1, 0.15) is 34.7 Å². The molecule has 3 rings (SSSR count). The molecule has 1 aliphatic heterocycles. The first-order chi connectivity index (χ1) is 13.5. The lowest BCUT2D eigenvalue weighted by Crippen LogP contribution is -2.43. The van der Waals surface area contributed by atoms with E-state index in [4.69, 9.17) is 16.3 Å². The highest BCUT2D eigenvalue weighted by molar-refractivity contribution is 6.32. The summed E-state index contributed by atoms with van der Waals surface area (Å²) in [6.45, 7) is 1.41. The molecule has 1 atom stereocenters. The Balaban J connectivity index is 1.72. The average molecular weight is 402 g/mol. The van der Waals surface area contributed by atoms with Crippen molar-refractivity contribution in [1.29, 1.82) is 0 Å². The van der Waals surface area contributed by atoms with Crippen molar-refractivity contribution in [2.45, 2.75) is 18.8 Å². The number of ether oxygens (including phenoxy) is 1. The number of halogens is 1. The second-order valence-corrected chi connectivity index (χ2v) is 7.18. The van der Waals surface area contributed by atoms with Crippen LogP contribution in [0.25, 0.3) is 0 Å². The molecule has 2 N–H and O–H groups in total. The van der Waals surface area contributed by atoms with Gasteiger partial charge >= 0.3 is 6.03 Å². The highest BCUT2D eigenvalue weighted by Gasteiger charge is 2.24. The fourth-order valence-corrected chi connectivity index (χ4v) is 3.73. The number of amides is 3. The van der Waals surface area contributed by atoms with Crippen LogP contribution >= 0.6 is 11.6 Å². The van der Waals surface area contributed by atoms with E-state index < -0.39 is 0 Å². The Morgan fingerprint density at radius 1 is 1.21 bits per heavy atom. The van der Waals surface area contributed by atoms with Crippen LogP contribution in [0.2, 0.25) is 5.02 Å². The minimum absolute atomic E-state index is 0.0602. The number of benzene rings is 2. The van der Waals surface area contributed by atoms with Crippen LogP contribution < -0.4 is 15.4 Å². The molecule has 7 heteroatoms. The number of anilines is 1. The van der Waals surface area contributed by atoms with Gasteiger partial charge in [0.2, 0.25) is 0 Å². The highest BCUT2D eigenvalue weighted by Crippen LogP contribution is 2.29. The van der Waals surface area contributed by atoms with Crippen molar-refractivity contribution >= 4 is 29.2 Å². The standard InChI is InChI=1S/C21H24ClN3O3/c1-23-21(27)25-10-4-7-16(13-25)14-5-3-6-15(11-14)20(26)24-17-8-9-19(28-2)18(22)12-17/h3,5-6,8-9,11-12,16H,4,7,10,13H2,1-2H3,(H,23,27)(H,24,26)/t16-/m0/s1. The second-order valence-electron chi connectivity index (χ2n) is 6.77. The second kappa shape index (κ2) is 8.97. The van der Waals surface area contributed by atoms with Gasteiger partial charge in [-0.3, -0.25) is 4.79 Å². The van der Waals surface area contributed by atoms with Gasteiger partial charge in [-0.2, -0.15) is 0 Å². The zero-order chi connectivity index (χ0) is 20.1. The van der Waals surface area contributed by atoms with Crippen molar-refractivity contribution in [2.24, 2.45) is 0 Å². The molecule has 3 amide bonds. The first-order valence-corrected chi connectivity index (χ1v) is 9.61. The average Bonchev–Trinajstić information content (AvgIpc) is 2.73. The number of hydrogen-bond acceptors (Lipinski definition) is 3. The third-order valence-corrected chi connectivity index (χ3v) is 5.25. The summed E-state index contributed by atoms with van der Waals surface area (Å²) in [6.07, 6.45) is 1.94. The summed E-state index contributed by atoms with van der Waals surface area (Å²) in [5.74, 6) is 0.566. The molecular weight excluding hydrogens is 378 g/mol. The van der Waals surface area contributed by atoms with Crippen LogP contribution in [0.15, 0.2) is 42.5 Å². The number of likely N-dealkylation sites (tertiary alicyclic amines) is 1.